The highest BCUT2D eigenvalue weighted by Crippen LogP contribution is 2.28. The molecule has 2 heterocycles. The number of fused-ring (bicyclic) bond motifs is 1. The Labute approximate surface area is 206 Å². The molecule has 3 atom stereocenters. The number of hydrogen-bond acceptors (Lipinski definition) is 7. The van der Waals surface area contributed by atoms with Crippen LogP contribution in [0.15, 0.2) is 47.5 Å². The maximum absolute atomic E-state index is 13.4. The average Bonchev–Trinajstić information content (AvgIpc) is 2.86. The van der Waals surface area contributed by atoms with E-state index in [4.69, 9.17) is 9.47 Å². The van der Waals surface area contributed by atoms with Crippen molar-refractivity contribution in [3.8, 4) is 17.7 Å². The van der Waals surface area contributed by atoms with E-state index in [1.54, 1.807) is 48.2 Å². The third-order valence-corrected chi connectivity index (χ3v) is 7.70. The summed E-state index contributed by atoms with van der Waals surface area (Å²) >= 11 is 0. The number of methoxy groups -OCH3 is 1. The minimum absolute atomic E-state index is 0.0461. The number of nitrogens with zero attached hydrogens (tertiary/aromatic N) is 3. The fourth-order valence-corrected chi connectivity index (χ4v) is 4.93. The Morgan fingerprint density at radius 1 is 1.34 bits per heavy atom. The first kappa shape index (κ1) is 26.6. The number of ether oxygens (including phenoxy) is 2. The topological polar surface area (TPSA) is 109 Å². The van der Waals surface area contributed by atoms with Gasteiger partial charge in [-0.25, -0.2) is 13.4 Å². The minimum atomic E-state index is -3.74. The van der Waals surface area contributed by atoms with Gasteiger partial charge in [0.2, 0.25) is 15.9 Å². The van der Waals surface area contributed by atoms with Crippen molar-refractivity contribution in [3.63, 3.8) is 0 Å². The Balaban J connectivity index is 1.97. The second-order valence-corrected chi connectivity index (χ2v) is 10.6. The smallest absolute Gasteiger partial charge is 0.259 e. The van der Waals surface area contributed by atoms with E-state index in [0.29, 0.717) is 5.56 Å². The van der Waals surface area contributed by atoms with E-state index in [1.165, 1.54) is 24.7 Å². The number of carbonyl (C=O) groups is 1. The second-order valence-electron chi connectivity index (χ2n) is 8.53. The minimum Gasteiger partial charge on any atom is -0.472 e. The van der Waals surface area contributed by atoms with Gasteiger partial charge in [-0.05, 0) is 25.1 Å². The van der Waals surface area contributed by atoms with Gasteiger partial charge in [0, 0.05) is 38.4 Å². The number of benzene rings is 1. The number of sulfonamides is 1. The molecular formula is C25H31N3O6S. The van der Waals surface area contributed by atoms with Gasteiger partial charge < -0.3 is 19.5 Å². The Morgan fingerprint density at radius 2 is 2.06 bits per heavy atom. The number of pyridine rings is 1. The summed E-state index contributed by atoms with van der Waals surface area (Å²) in [5.41, 5.74) is 0.725. The maximum Gasteiger partial charge on any atom is 0.259 e. The van der Waals surface area contributed by atoms with Crippen molar-refractivity contribution in [3.05, 3.63) is 53.7 Å². The maximum atomic E-state index is 13.4. The molecule has 1 aromatic heterocycles. The molecule has 0 fully saturated rings. The molecule has 2 aromatic rings. The number of carbonyl (C=O) groups excluding carboxylic acids is 1. The van der Waals surface area contributed by atoms with Gasteiger partial charge in [-0.2, -0.15) is 4.31 Å². The second kappa shape index (κ2) is 11.6. The normalized spacial score (nSPS) is 19.1. The van der Waals surface area contributed by atoms with Gasteiger partial charge in [0.25, 0.3) is 5.91 Å². The number of rotatable bonds is 7. The Kier molecular flexibility index (Phi) is 8.86. The van der Waals surface area contributed by atoms with Crippen molar-refractivity contribution in [2.24, 2.45) is 5.92 Å². The molecule has 1 aromatic carbocycles. The fourth-order valence-electron chi connectivity index (χ4n) is 3.72. The van der Waals surface area contributed by atoms with Gasteiger partial charge in [-0.3, -0.25) is 4.79 Å². The van der Waals surface area contributed by atoms with Gasteiger partial charge in [0.1, 0.15) is 18.3 Å². The monoisotopic (exact) mass is 501 g/mol. The van der Waals surface area contributed by atoms with Gasteiger partial charge in [-0.15, -0.1) is 0 Å². The Hall–Kier alpha value is -2.97. The Bertz CT molecular complexity index is 1190. The number of likely N-dealkylation sites (N-methyl/N-ethyl adjacent to an activating group) is 1. The van der Waals surface area contributed by atoms with Crippen LogP contribution in [0.1, 0.15) is 29.8 Å². The van der Waals surface area contributed by atoms with Crippen molar-refractivity contribution in [2.75, 3.05) is 40.5 Å². The number of hydrogen-bond donors (Lipinski definition) is 1. The zero-order chi connectivity index (χ0) is 25.6. The number of aromatic nitrogens is 1. The van der Waals surface area contributed by atoms with E-state index in [1.807, 2.05) is 6.92 Å². The lowest BCUT2D eigenvalue weighted by atomic mass is 10.0. The molecule has 188 valence electrons. The van der Waals surface area contributed by atoms with E-state index in [0.717, 1.165) is 0 Å². The zero-order valence-corrected chi connectivity index (χ0v) is 21.2. The van der Waals surface area contributed by atoms with Crippen LogP contribution in [0.25, 0.3) is 0 Å². The lowest BCUT2D eigenvalue weighted by molar-refractivity contribution is 0.0373. The van der Waals surface area contributed by atoms with Crippen LogP contribution in [0.2, 0.25) is 0 Å². The van der Waals surface area contributed by atoms with Gasteiger partial charge in [0.05, 0.1) is 24.1 Å². The van der Waals surface area contributed by atoms with Crippen LogP contribution in [0.5, 0.6) is 5.88 Å². The first-order chi connectivity index (χ1) is 16.7. The quantitative estimate of drug-likeness (QED) is 0.574. The van der Waals surface area contributed by atoms with E-state index in [-0.39, 0.29) is 54.5 Å². The molecule has 1 N–H and O–H groups in total. The van der Waals surface area contributed by atoms with E-state index >= 15 is 0 Å². The summed E-state index contributed by atoms with van der Waals surface area (Å²) in [4.78, 5) is 19.5. The molecule has 0 saturated carbocycles. The summed E-state index contributed by atoms with van der Waals surface area (Å²) in [6.45, 7) is 3.96. The molecule has 10 heteroatoms. The van der Waals surface area contributed by atoms with Crippen LogP contribution in [-0.2, 0) is 14.8 Å². The first-order valence-corrected chi connectivity index (χ1v) is 12.7. The summed E-state index contributed by atoms with van der Waals surface area (Å²) in [5.74, 6) is 5.24. The molecule has 0 bridgehead atoms. The molecule has 0 unspecified atom stereocenters. The molecule has 0 radical (unpaired) electrons. The molecular weight excluding hydrogens is 470 g/mol. The third kappa shape index (κ3) is 6.18. The molecule has 1 amide bonds. The summed E-state index contributed by atoms with van der Waals surface area (Å²) in [6, 6.07) is 9.32. The standard InChI is InChI=1S/C25H31N3O6S/c1-18-15-28(19(2)17-29)25(30)22-13-20(9-8-12-33-4)14-26-24(22)34-23(18)16-27(3)35(31,32)21-10-6-5-7-11-21/h5-7,10-11,13-14,18-19,23,29H,12,15-17H2,1-4H3/t18-,19+,23+/m0/s1. The lowest BCUT2D eigenvalue weighted by Gasteiger charge is -2.37. The summed E-state index contributed by atoms with van der Waals surface area (Å²) in [6.07, 6.45) is 0.902. The third-order valence-electron chi connectivity index (χ3n) is 5.86. The van der Waals surface area contributed by atoms with Crippen LogP contribution in [0, 0.1) is 17.8 Å². The van der Waals surface area contributed by atoms with Crippen molar-refractivity contribution in [1.29, 1.82) is 0 Å². The van der Waals surface area contributed by atoms with E-state index < -0.39 is 22.2 Å². The van der Waals surface area contributed by atoms with Crippen molar-refractivity contribution < 1.29 is 27.8 Å². The number of aliphatic hydroxyl groups excluding tert-OH is 1. The van der Waals surface area contributed by atoms with Crippen LogP contribution >= 0.6 is 0 Å². The highest BCUT2D eigenvalue weighted by Gasteiger charge is 2.35. The van der Waals surface area contributed by atoms with Crippen LogP contribution < -0.4 is 4.74 Å². The molecule has 1 aliphatic heterocycles. The summed E-state index contributed by atoms with van der Waals surface area (Å²) in [5, 5.41) is 9.78. The Morgan fingerprint density at radius 3 is 2.71 bits per heavy atom. The van der Waals surface area contributed by atoms with Crippen molar-refractivity contribution in [1.82, 2.24) is 14.2 Å². The molecule has 3 rings (SSSR count). The summed E-state index contributed by atoms with van der Waals surface area (Å²) in [7, 11) is -0.706. The molecule has 0 aliphatic carbocycles. The number of aliphatic hydroxyl groups is 1. The predicted molar refractivity (Wildman–Crippen MR) is 130 cm³/mol. The molecule has 0 spiro atoms. The van der Waals surface area contributed by atoms with E-state index in [9.17, 15) is 18.3 Å². The molecule has 0 saturated heterocycles. The van der Waals surface area contributed by atoms with Gasteiger partial charge in [0.15, 0.2) is 0 Å². The predicted octanol–water partition coefficient (Wildman–Crippen LogP) is 1.62. The van der Waals surface area contributed by atoms with Crippen molar-refractivity contribution in [2.45, 2.75) is 30.9 Å². The molecule has 35 heavy (non-hydrogen) atoms. The van der Waals surface area contributed by atoms with Crippen LogP contribution in [-0.4, -0.2) is 86.2 Å². The van der Waals surface area contributed by atoms with Crippen LogP contribution in [0.3, 0.4) is 0 Å². The first-order valence-electron chi connectivity index (χ1n) is 11.3. The van der Waals surface area contributed by atoms with Crippen molar-refractivity contribution >= 4 is 15.9 Å². The van der Waals surface area contributed by atoms with Gasteiger partial charge in [-0.1, -0.05) is 37.0 Å². The van der Waals surface area contributed by atoms with Gasteiger partial charge >= 0.3 is 0 Å². The SMILES string of the molecule is COCC#Cc1cnc2c(c1)C(=O)N([C@H](C)CO)C[C@H](C)[C@@H](CN(C)S(=O)(=O)c1ccccc1)O2. The molecule has 1 aliphatic rings. The average molecular weight is 502 g/mol. The largest absolute Gasteiger partial charge is 0.472 e. The zero-order valence-electron chi connectivity index (χ0n) is 20.3. The van der Waals surface area contributed by atoms with E-state index in [2.05, 4.69) is 16.8 Å². The fraction of sp³-hybridized carbons (Fsp3) is 0.440. The summed E-state index contributed by atoms with van der Waals surface area (Å²) < 4.78 is 38.5. The molecule has 9 nitrogen and oxygen atoms in total. The highest BCUT2D eigenvalue weighted by atomic mass is 32.2. The van der Waals surface area contributed by atoms with Crippen LogP contribution in [0.4, 0.5) is 0 Å². The highest BCUT2D eigenvalue weighted by molar-refractivity contribution is 7.89. The lowest BCUT2D eigenvalue weighted by Crippen LogP contribution is -2.50. The number of amides is 1.